The van der Waals surface area contributed by atoms with Gasteiger partial charge in [-0.3, -0.25) is 19.6 Å². The van der Waals surface area contributed by atoms with Crippen molar-refractivity contribution in [3.05, 3.63) is 86.1 Å². The smallest absolute Gasteiger partial charge is 0.320 e. The number of nitro groups is 1. The van der Waals surface area contributed by atoms with E-state index in [4.69, 9.17) is 0 Å². The van der Waals surface area contributed by atoms with E-state index in [-0.39, 0.29) is 11.4 Å². The summed E-state index contributed by atoms with van der Waals surface area (Å²) in [7, 11) is 0. The monoisotopic (exact) mass is 498 g/mol. The molecule has 1 N–H and O–H groups in total. The quantitative estimate of drug-likeness (QED) is 0.270. The normalized spacial score (nSPS) is 11.0. The van der Waals surface area contributed by atoms with Crippen molar-refractivity contribution < 1.29 is 9.72 Å². The molecular formula is C22H23BrN6O3. The Morgan fingerprint density at radius 2 is 1.84 bits per heavy atom. The average Bonchev–Trinajstić information content (AvgIpc) is 3.21. The van der Waals surface area contributed by atoms with Crippen molar-refractivity contribution >= 4 is 39.4 Å². The molecule has 0 spiro atoms. The molecule has 1 heterocycles. The van der Waals surface area contributed by atoms with Crippen molar-refractivity contribution in [1.29, 1.82) is 0 Å². The lowest BCUT2D eigenvalue weighted by molar-refractivity contribution is -0.385. The summed E-state index contributed by atoms with van der Waals surface area (Å²) in [6.07, 6.45) is 2.72. The maximum Gasteiger partial charge on any atom is 0.320 e. The molecule has 0 fully saturated rings. The number of halogens is 1. The Labute approximate surface area is 194 Å². The van der Waals surface area contributed by atoms with Gasteiger partial charge in [-0.05, 0) is 49.2 Å². The number of amides is 1. The van der Waals surface area contributed by atoms with Gasteiger partial charge in [-0.25, -0.2) is 5.43 Å². The third kappa shape index (κ3) is 5.79. The molecule has 3 aromatic rings. The van der Waals surface area contributed by atoms with E-state index in [1.165, 1.54) is 17.1 Å². The van der Waals surface area contributed by atoms with E-state index < -0.39 is 10.8 Å². The predicted octanol–water partition coefficient (Wildman–Crippen LogP) is 4.21. The molecule has 3 rings (SSSR count). The highest BCUT2D eigenvalue weighted by Crippen LogP contribution is 2.19. The van der Waals surface area contributed by atoms with Crippen LogP contribution in [-0.2, 0) is 6.54 Å². The van der Waals surface area contributed by atoms with Gasteiger partial charge in [0, 0.05) is 23.2 Å². The van der Waals surface area contributed by atoms with Gasteiger partial charge in [0.2, 0.25) is 5.69 Å². The minimum Gasteiger partial charge on any atom is -0.372 e. The van der Waals surface area contributed by atoms with Gasteiger partial charge < -0.3 is 4.90 Å². The fourth-order valence-corrected chi connectivity index (χ4v) is 3.41. The molecule has 0 saturated heterocycles. The average molecular weight is 499 g/mol. The molecular weight excluding hydrogens is 476 g/mol. The number of anilines is 1. The van der Waals surface area contributed by atoms with Gasteiger partial charge in [0.1, 0.15) is 6.20 Å². The van der Waals surface area contributed by atoms with Crippen LogP contribution in [-0.4, -0.2) is 39.9 Å². The number of aromatic nitrogens is 2. The van der Waals surface area contributed by atoms with Crippen molar-refractivity contribution in [1.82, 2.24) is 15.2 Å². The number of nitrogens with one attached hydrogen (secondary N) is 1. The summed E-state index contributed by atoms with van der Waals surface area (Å²) in [5, 5.41) is 19.4. The van der Waals surface area contributed by atoms with E-state index in [0.29, 0.717) is 6.54 Å². The van der Waals surface area contributed by atoms with Crippen LogP contribution < -0.4 is 10.3 Å². The molecule has 0 unspecified atom stereocenters. The summed E-state index contributed by atoms with van der Waals surface area (Å²) < 4.78 is 2.29. The van der Waals surface area contributed by atoms with Crippen LogP contribution in [0.4, 0.5) is 11.4 Å². The van der Waals surface area contributed by atoms with Crippen molar-refractivity contribution in [3.63, 3.8) is 0 Å². The second kappa shape index (κ2) is 10.7. The highest BCUT2D eigenvalue weighted by atomic mass is 79.9. The van der Waals surface area contributed by atoms with E-state index in [1.54, 1.807) is 0 Å². The number of hydrazone groups is 1. The number of hydrogen-bond acceptors (Lipinski definition) is 6. The zero-order valence-electron chi connectivity index (χ0n) is 17.7. The zero-order valence-corrected chi connectivity index (χ0v) is 19.3. The first kappa shape index (κ1) is 23.1. The van der Waals surface area contributed by atoms with Crippen LogP contribution in [0.3, 0.4) is 0 Å². The number of rotatable bonds is 9. The van der Waals surface area contributed by atoms with E-state index in [9.17, 15) is 14.9 Å². The summed E-state index contributed by atoms with van der Waals surface area (Å²) in [5.74, 6) is -0.748. The highest BCUT2D eigenvalue weighted by Gasteiger charge is 2.25. The third-order valence-corrected chi connectivity index (χ3v) is 5.34. The molecule has 0 atom stereocenters. The van der Waals surface area contributed by atoms with Crippen LogP contribution >= 0.6 is 15.9 Å². The fraction of sp³-hybridized carbons (Fsp3) is 0.227. The first-order chi connectivity index (χ1) is 15.4. The Morgan fingerprint density at radius 1 is 1.19 bits per heavy atom. The van der Waals surface area contributed by atoms with Gasteiger partial charge in [0.15, 0.2) is 0 Å². The minimum atomic E-state index is -0.748. The van der Waals surface area contributed by atoms with Crippen LogP contribution in [0.1, 0.15) is 35.5 Å². The lowest BCUT2D eigenvalue weighted by Gasteiger charge is -2.20. The minimum absolute atomic E-state index is 0.291. The van der Waals surface area contributed by atoms with Crippen LogP contribution in [0, 0.1) is 10.1 Å². The van der Waals surface area contributed by atoms with Gasteiger partial charge in [-0.1, -0.05) is 40.2 Å². The highest BCUT2D eigenvalue weighted by molar-refractivity contribution is 9.10. The molecule has 10 heteroatoms. The number of benzene rings is 2. The molecule has 0 aliphatic carbocycles. The van der Waals surface area contributed by atoms with Crippen LogP contribution in [0.25, 0.3) is 0 Å². The molecule has 0 saturated carbocycles. The lowest BCUT2D eigenvalue weighted by Crippen LogP contribution is -2.21. The van der Waals surface area contributed by atoms with E-state index >= 15 is 0 Å². The van der Waals surface area contributed by atoms with Crippen LogP contribution in [0.15, 0.2) is 64.3 Å². The molecule has 9 nitrogen and oxygen atoms in total. The van der Waals surface area contributed by atoms with Crippen molar-refractivity contribution in [2.45, 2.75) is 20.4 Å². The Balaban J connectivity index is 1.69. The first-order valence-corrected chi connectivity index (χ1v) is 10.8. The number of hydrogen-bond donors (Lipinski definition) is 1. The number of carbonyl (C=O) groups excluding carboxylic acids is 1. The fourth-order valence-electron chi connectivity index (χ4n) is 3.14. The van der Waals surface area contributed by atoms with E-state index in [1.807, 2.05) is 48.5 Å². The molecule has 1 aromatic heterocycles. The van der Waals surface area contributed by atoms with Gasteiger partial charge >= 0.3 is 5.69 Å². The molecule has 32 heavy (non-hydrogen) atoms. The Bertz CT molecular complexity index is 1110. The Morgan fingerprint density at radius 3 is 2.44 bits per heavy atom. The topological polar surface area (TPSA) is 106 Å². The van der Waals surface area contributed by atoms with Gasteiger partial charge in [-0.2, -0.15) is 10.2 Å². The van der Waals surface area contributed by atoms with Crippen LogP contribution in [0.5, 0.6) is 0 Å². The summed E-state index contributed by atoms with van der Waals surface area (Å²) >= 11 is 3.36. The van der Waals surface area contributed by atoms with Crippen molar-refractivity contribution in [3.8, 4) is 0 Å². The summed E-state index contributed by atoms with van der Waals surface area (Å²) in [6.45, 7) is 6.30. The molecule has 2 aromatic carbocycles. The maximum absolute atomic E-state index is 12.5. The second-order valence-corrected chi connectivity index (χ2v) is 7.82. The Kier molecular flexibility index (Phi) is 7.72. The van der Waals surface area contributed by atoms with Gasteiger partial charge in [-0.15, -0.1) is 0 Å². The first-order valence-electron chi connectivity index (χ1n) is 10.1. The van der Waals surface area contributed by atoms with E-state index in [2.05, 4.69) is 50.3 Å². The number of nitrogens with zero attached hydrogens (tertiary/aromatic N) is 5. The van der Waals surface area contributed by atoms with Crippen molar-refractivity contribution in [2.75, 3.05) is 18.0 Å². The molecule has 0 aliphatic rings. The maximum atomic E-state index is 12.5. The lowest BCUT2D eigenvalue weighted by atomic mass is 10.2. The summed E-state index contributed by atoms with van der Waals surface area (Å²) in [6, 6.07) is 15.2. The second-order valence-electron chi connectivity index (χ2n) is 6.91. The summed E-state index contributed by atoms with van der Waals surface area (Å²) in [4.78, 5) is 25.5. The molecule has 166 valence electrons. The molecule has 1 amide bonds. The largest absolute Gasteiger partial charge is 0.372 e. The predicted molar refractivity (Wildman–Crippen MR) is 127 cm³/mol. The van der Waals surface area contributed by atoms with E-state index in [0.717, 1.165) is 34.4 Å². The number of carbonyl (C=O) groups is 1. The van der Waals surface area contributed by atoms with Gasteiger partial charge in [0.25, 0.3) is 5.91 Å². The SMILES string of the molecule is CCN(CC)c1ccc(/C=N\NC(=O)c2nn(Cc3ccc(Br)cc3)cc2[N+](=O)[O-])cc1. The summed E-state index contributed by atoms with van der Waals surface area (Å²) in [5.41, 5.74) is 4.43. The third-order valence-electron chi connectivity index (χ3n) is 4.81. The molecule has 0 radical (unpaired) electrons. The standard InChI is InChI=1S/C22H23BrN6O3/c1-3-27(4-2)19-11-7-16(8-12-19)13-24-25-22(30)21-20(29(31)32)15-28(26-21)14-17-5-9-18(23)10-6-17/h5-13,15H,3-4,14H2,1-2H3,(H,25,30)/b24-13-. The Hall–Kier alpha value is -3.53. The molecule has 0 bridgehead atoms. The zero-order chi connectivity index (χ0) is 23.1. The van der Waals surface area contributed by atoms with Gasteiger partial charge in [0.05, 0.1) is 17.7 Å². The molecule has 0 aliphatic heterocycles. The van der Waals surface area contributed by atoms with Crippen molar-refractivity contribution in [2.24, 2.45) is 5.10 Å². The van der Waals surface area contributed by atoms with Crippen LogP contribution in [0.2, 0.25) is 0 Å².